The van der Waals surface area contributed by atoms with Crippen LogP contribution in [0, 0.1) is 0 Å². The second kappa shape index (κ2) is 10.2. The van der Waals surface area contributed by atoms with Crippen molar-refractivity contribution in [3.63, 3.8) is 0 Å². The van der Waals surface area contributed by atoms with Crippen LogP contribution in [0.25, 0.3) is 0 Å². The molecule has 0 atom stereocenters. The zero-order valence-corrected chi connectivity index (χ0v) is 12.0. The number of benzene rings is 1. The van der Waals surface area contributed by atoms with Gasteiger partial charge >= 0.3 is 5.97 Å². The lowest BCUT2D eigenvalue weighted by Gasteiger charge is -2.07. The lowest BCUT2D eigenvalue weighted by Crippen LogP contribution is -2.11. The van der Waals surface area contributed by atoms with E-state index in [-0.39, 0.29) is 6.61 Å². The van der Waals surface area contributed by atoms with E-state index in [1.165, 1.54) is 11.1 Å². The van der Waals surface area contributed by atoms with Crippen LogP contribution in [0.2, 0.25) is 0 Å². The summed E-state index contributed by atoms with van der Waals surface area (Å²) in [5, 5.41) is 0. The molecule has 4 heteroatoms. The Bertz CT molecular complexity index is 415. The Morgan fingerprint density at radius 3 is 2.60 bits per heavy atom. The van der Waals surface area contributed by atoms with Gasteiger partial charge < -0.3 is 14.2 Å². The summed E-state index contributed by atoms with van der Waals surface area (Å²) in [6.07, 6.45) is 2.16. The summed E-state index contributed by atoms with van der Waals surface area (Å²) < 4.78 is 15.6. The van der Waals surface area contributed by atoms with Crippen LogP contribution in [0.5, 0.6) is 0 Å². The third-order valence-electron chi connectivity index (χ3n) is 2.68. The summed E-state index contributed by atoms with van der Waals surface area (Å²) in [7, 11) is 0. The summed E-state index contributed by atoms with van der Waals surface area (Å²) >= 11 is 0. The molecule has 0 spiro atoms. The van der Waals surface area contributed by atoms with Crippen LogP contribution in [0.1, 0.15) is 18.1 Å². The van der Waals surface area contributed by atoms with Gasteiger partial charge in [0.1, 0.15) is 6.61 Å². The van der Waals surface area contributed by atoms with Crippen molar-refractivity contribution < 1.29 is 19.0 Å². The lowest BCUT2D eigenvalue weighted by molar-refractivity contribution is -0.139. The number of rotatable bonds is 10. The Kier molecular flexibility index (Phi) is 8.35. The highest BCUT2D eigenvalue weighted by atomic mass is 16.6. The number of carbonyl (C=O) groups excluding carboxylic acids is 1. The molecule has 0 unspecified atom stereocenters. The summed E-state index contributed by atoms with van der Waals surface area (Å²) in [6.45, 7) is 7.64. The fourth-order valence-corrected chi connectivity index (χ4v) is 1.61. The van der Waals surface area contributed by atoms with Crippen molar-refractivity contribution in [3.8, 4) is 0 Å². The van der Waals surface area contributed by atoms with Crippen molar-refractivity contribution in [1.29, 1.82) is 0 Å². The molecule has 0 aliphatic carbocycles. The van der Waals surface area contributed by atoms with E-state index in [2.05, 4.69) is 31.7 Å². The van der Waals surface area contributed by atoms with Crippen LogP contribution in [-0.4, -0.2) is 32.4 Å². The number of ether oxygens (including phenoxy) is 3. The highest BCUT2D eigenvalue weighted by Gasteiger charge is 1.97. The maximum absolute atomic E-state index is 10.7. The van der Waals surface area contributed by atoms with Gasteiger partial charge in [-0.2, -0.15) is 0 Å². The van der Waals surface area contributed by atoms with Gasteiger partial charge in [-0.3, -0.25) is 0 Å². The molecule has 0 aromatic heterocycles. The first-order valence-electron chi connectivity index (χ1n) is 6.78. The van der Waals surface area contributed by atoms with Crippen molar-refractivity contribution in [1.82, 2.24) is 0 Å². The van der Waals surface area contributed by atoms with Crippen LogP contribution in [-0.2, 0) is 32.0 Å². The Morgan fingerprint density at radius 1 is 1.15 bits per heavy atom. The molecular formula is C16H22O4. The minimum absolute atomic E-state index is 0.239. The molecule has 1 aromatic carbocycles. The summed E-state index contributed by atoms with van der Waals surface area (Å²) in [5.74, 6) is -0.430. The Hall–Kier alpha value is -1.65. The quantitative estimate of drug-likeness (QED) is 0.375. The summed E-state index contributed by atoms with van der Waals surface area (Å²) in [5.41, 5.74) is 2.48. The molecule has 0 radical (unpaired) electrons. The molecule has 4 nitrogen and oxygen atoms in total. The van der Waals surface area contributed by atoms with E-state index in [0.29, 0.717) is 26.4 Å². The molecule has 0 aliphatic heterocycles. The maximum Gasteiger partial charge on any atom is 0.330 e. The zero-order chi connectivity index (χ0) is 14.6. The van der Waals surface area contributed by atoms with Crippen molar-refractivity contribution >= 4 is 5.97 Å². The number of hydrogen-bond donors (Lipinski definition) is 0. The number of hydrogen-bond acceptors (Lipinski definition) is 4. The molecular weight excluding hydrogens is 256 g/mol. The maximum atomic E-state index is 10.7. The van der Waals surface area contributed by atoms with Crippen molar-refractivity contribution in [2.45, 2.75) is 20.0 Å². The third kappa shape index (κ3) is 7.07. The number of esters is 1. The largest absolute Gasteiger partial charge is 0.460 e. The smallest absolute Gasteiger partial charge is 0.330 e. The van der Waals surface area contributed by atoms with Gasteiger partial charge in [0.25, 0.3) is 0 Å². The number of carbonyl (C=O) groups is 1. The molecule has 0 N–H and O–H groups in total. The van der Waals surface area contributed by atoms with Gasteiger partial charge in [-0.1, -0.05) is 37.8 Å². The van der Waals surface area contributed by atoms with Gasteiger partial charge in [0.05, 0.1) is 26.4 Å². The van der Waals surface area contributed by atoms with Gasteiger partial charge in [0.15, 0.2) is 0 Å². The summed E-state index contributed by atoms with van der Waals surface area (Å²) in [4.78, 5) is 10.7. The fraction of sp³-hybridized carbons (Fsp3) is 0.438. The third-order valence-corrected chi connectivity index (χ3v) is 2.68. The van der Waals surface area contributed by atoms with Crippen LogP contribution in [0.15, 0.2) is 36.9 Å². The summed E-state index contributed by atoms with van der Waals surface area (Å²) in [6, 6.07) is 8.35. The van der Waals surface area contributed by atoms with Gasteiger partial charge in [-0.15, -0.1) is 0 Å². The van der Waals surface area contributed by atoms with Crippen molar-refractivity contribution in [3.05, 3.63) is 48.0 Å². The predicted molar refractivity (Wildman–Crippen MR) is 77.5 cm³/mol. The topological polar surface area (TPSA) is 44.8 Å². The molecule has 0 fully saturated rings. The van der Waals surface area contributed by atoms with Crippen molar-refractivity contribution in [2.75, 3.05) is 26.4 Å². The van der Waals surface area contributed by atoms with E-state index in [0.717, 1.165) is 12.5 Å². The Balaban J connectivity index is 2.01. The van der Waals surface area contributed by atoms with E-state index >= 15 is 0 Å². The van der Waals surface area contributed by atoms with Gasteiger partial charge in [-0.25, -0.2) is 4.79 Å². The molecule has 0 heterocycles. The Morgan fingerprint density at radius 2 is 1.85 bits per heavy atom. The predicted octanol–water partition coefficient (Wildman–Crippen LogP) is 2.51. The van der Waals surface area contributed by atoms with Gasteiger partial charge in [0.2, 0.25) is 0 Å². The zero-order valence-electron chi connectivity index (χ0n) is 12.0. The van der Waals surface area contributed by atoms with Gasteiger partial charge in [0, 0.05) is 6.08 Å². The molecule has 0 saturated heterocycles. The van der Waals surface area contributed by atoms with Crippen LogP contribution >= 0.6 is 0 Å². The lowest BCUT2D eigenvalue weighted by atomic mass is 10.1. The second-order valence-corrected chi connectivity index (χ2v) is 4.21. The molecule has 0 saturated carbocycles. The van der Waals surface area contributed by atoms with Crippen LogP contribution in [0.4, 0.5) is 0 Å². The molecule has 20 heavy (non-hydrogen) atoms. The molecule has 110 valence electrons. The Labute approximate surface area is 120 Å². The van der Waals surface area contributed by atoms with E-state index in [9.17, 15) is 4.79 Å². The highest BCUT2D eigenvalue weighted by molar-refractivity contribution is 5.81. The van der Waals surface area contributed by atoms with E-state index in [1.807, 2.05) is 6.07 Å². The normalized spacial score (nSPS) is 10.2. The van der Waals surface area contributed by atoms with E-state index < -0.39 is 5.97 Å². The monoisotopic (exact) mass is 278 g/mol. The van der Waals surface area contributed by atoms with Crippen LogP contribution < -0.4 is 0 Å². The first-order valence-corrected chi connectivity index (χ1v) is 6.78. The number of aryl methyl sites for hydroxylation is 1. The second-order valence-electron chi connectivity index (χ2n) is 4.21. The highest BCUT2D eigenvalue weighted by Crippen LogP contribution is 2.07. The minimum atomic E-state index is -0.430. The fourth-order valence-electron chi connectivity index (χ4n) is 1.61. The molecule has 1 rings (SSSR count). The van der Waals surface area contributed by atoms with E-state index in [4.69, 9.17) is 14.2 Å². The SMILES string of the molecule is C=CC(=O)OCCOCCOCc1cccc(CC)c1. The van der Waals surface area contributed by atoms with Crippen LogP contribution in [0.3, 0.4) is 0 Å². The van der Waals surface area contributed by atoms with Gasteiger partial charge in [-0.05, 0) is 17.5 Å². The minimum Gasteiger partial charge on any atom is -0.460 e. The van der Waals surface area contributed by atoms with Crippen molar-refractivity contribution in [2.24, 2.45) is 0 Å². The average Bonchev–Trinajstić information content (AvgIpc) is 2.49. The van der Waals surface area contributed by atoms with E-state index in [1.54, 1.807) is 0 Å². The molecule has 0 aliphatic rings. The first kappa shape index (κ1) is 16.4. The molecule has 0 amide bonds. The molecule has 0 bridgehead atoms. The molecule has 1 aromatic rings. The average molecular weight is 278 g/mol. The standard InChI is InChI=1S/C16H22O4/c1-3-14-6-5-7-15(12-14)13-19-9-8-18-10-11-20-16(17)4-2/h4-7,12H,2-3,8-11,13H2,1H3. The first-order chi connectivity index (χ1) is 9.76.